The van der Waals surface area contributed by atoms with Crippen LogP contribution in [0.2, 0.25) is 0 Å². The molecule has 0 bridgehead atoms. The van der Waals surface area contributed by atoms with Crippen LogP contribution in [-0.4, -0.2) is 16.6 Å². The molecule has 112 valence electrons. The summed E-state index contributed by atoms with van der Waals surface area (Å²) >= 11 is 0. The maximum Gasteiger partial charge on any atom is 0.239 e. The summed E-state index contributed by atoms with van der Waals surface area (Å²) in [6.07, 6.45) is 5.33. The van der Waals surface area contributed by atoms with Gasteiger partial charge >= 0.3 is 0 Å². The number of rotatable bonds is 4. The van der Waals surface area contributed by atoms with Gasteiger partial charge in [-0.3, -0.25) is 0 Å². The lowest BCUT2D eigenvalue weighted by atomic mass is 10.00. The van der Waals surface area contributed by atoms with Gasteiger partial charge in [-0.1, -0.05) is 12.8 Å². The zero-order valence-corrected chi connectivity index (χ0v) is 13.1. The van der Waals surface area contributed by atoms with Crippen molar-refractivity contribution in [3.63, 3.8) is 0 Å². The molecule has 0 aliphatic heterocycles. The first-order valence-electron chi connectivity index (χ1n) is 7.57. The third kappa shape index (κ3) is 4.02. The number of hydrogen-bond donors (Lipinski definition) is 2. The fourth-order valence-corrected chi connectivity index (χ4v) is 2.71. The molecule has 1 heterocycles. The average molecular weight is 277 g/mol. The van der Waals surface area contributed by atoms with Crippen molar-refractivity contribution in [1.82, 2.24) is 4.98 Å². The molecular weight excluding hydrogens is 250 g/mol. The van der Waals surface area contributed by atoms with E-state index >= 15 is 0 Å². The van der Waals surface area contributed by atoms with Crippen LogP contribution in [0.25, 0.3) is 0 Å². The monoisotopic (exact) mass is 277 g/mol. The van der Waals surface area contributed by atoms with E-state index < -0.39 is 0 Å². The van der Waals surface area contributed by atoms with E-state index in [1.165, 1.54) is 25.7 Å². The molecule has 0 spiro atoms. The number of nitrogen functional groups attached to an aromatic ring is 1. The Morgan fingerprint density at radius 1 is 1.30 bits per heavy atom. The van der Waals surface area contributed by atoms with Crippen LogP contribution in [0.5, 0.6) is 5.88 Å². The molecule has 1 aliphatic carbocycles. The number of pyridine rings is 1. The fraction of sp³-hybridized carbons (Fsp3) is 0.688. The number of ether oxygens (including phenoxy) is 1. The zero-order valence-electron chi connectivity index (χ0n) is 13.1. The van der Waals surface area contributed by atoms with Crippen molar-refractivity contribution in [2.75, 3.05) is 11.1 Å². The summed E-state index contributed by atoms with van der Waals surface area (Å²) in [5.74, 6) is 2.11. The molecule has 1 aromatic heterocycles. The minimum Gasteiger partial charge on any atom is -0.470 e. The summed E-state index contributed by atoms with van der Waals surface area (Å²) in [6.45, 7) is 8.22. The topological polar surface area (TPSA) is 60.2 Å². The number of nitrogens with zero attached hydrogens (tertiary/aromatic N) is 1. The number of aromatic nitrogens is 1. The Hall–Kier alpha value is -1.45. The quantitative estimate of drug-likeness (QED) is 0.878. The smallest absolute Gasteiger partial charge is 0.239 e. The zero-order chi connectivity index (χ0) is 14.8. The first-order valence-corrected chi connectivity index (χ1v) is 7.57. The Bertz CT molecular complexity index is 448. The van der Waals surface area contributed by atoms with Crippen LogP contribution < -0.4 is 15.8 Å². The Labute approximate surface area is 122 Å². The molecule has 4 nitrogen and oxygen atoms in total. The molecule has 20 heavy (non-hydrogen) atoms. The predicted octanol–water partition coefficient (Wildman–Crippen LogP) is 3.83. The van der Waals surface area contributed by atoms with Gasteiger partial charge in [0.25, 0.3) is 0 Å². The van der Waals surface area contributed by atoms with Gasteiger partial charge in [-0.2, -0.15) is 4.98 Å². The predicted molar refractivity (Wildman–Crippen MR) is 84.1 cm³/mol. The van der Waals surface area contributed by atoms with E-state index in [-0.39, 0.29) is 5.60 Å². The van der Waals surface area contributed by atoms with Crippen LogP contribution >= 0.6 is 0 Å². The second-order valence-electron chi connectivity index (χ2n) is 6.78. The van der Waals surface area contributed by atoms with Gasteiger partial charge in [-0.15, -0.1) is 0 Å². The van der Waals surface area contributed by atoms with Crippen LogP contribution in [0.15, 0.2) is 12.1 Å². The Balaban J connectivity index is 2.06. The van der Waals surface area contributed by atoms with Gasteiger partial charge in [0.15, 0.2) is 0 Å². The van der Waals surface area contributed by atoms with Crippen molar-refractivity contribution in [3.8, 4) is 5.88 Å². The Morgan fingerprint density at radius 2 is 1.95 bits per heavy atom. The lowest BCUT2D eigenvalue weighted by Gasteiger charge is -2.24. The molecule has 0 radical (unpaired) electrons. The maximum absolute atomic E-state index is 5.93. The minimum atomic E-state index is -0.295. The van der Waals surface area contributed by atoms with Crippen LogP contribution in [0.1, 0.15) is 53.4 Å². The van der Waals surface area contributed by atoms with E-state index in [1.807, 2.05) is 32.9 Å². The lowest BCUT2D eigenvalue weighted by Crippen LogP contribution is -2.26. The van der Waals surface area contributed by atoms with Gasteiger partial charge in [-0.25, -0.2) is 0 Å². The highest BCUT2D eigenvalue weighted by atomic mass is 16.5. The van der Waals surface area contributed by atoms with Crippen molar-refractivity contribution < 1.29 is 4.74 Å². The van der Waals surface area contributed by atoms with E-state index in [4.69, 9.17) is 10.5 Å². The van der Waals surface area contributed by atoms with E-state index in [2.05, 4.69) is 17.2 Å². The molecule has 2 rings (SSSR count). The van der Waals surface area contributed by atoms with Crippen molar-refractivity contribution in [2.24, 2.45) is 5.92 Å². The average Bonchev–Trinajstić information content (AvgIpc) is 2.85. The Kier molecular flexibility index (Phi) is 4.41. The van der Waals surface area contributed by atoms with E-state index in [0.29, 0.717) is 17.6 Å². The second-order valence-corrected chi connectivity index (χ2v) is 6.78. The van der Waals surface area contributed by atoms with E-state index in [9.17, 15) is 0 Å². The van der Waals surface area contributed by atoms with Gasteiger partial charge < -0.3 is 15.8 Å². The van der Waals surface area contributed by atoms with Crippen LogP contribution in [0.3, 0.4) is 0 Å². The van der Waals surface area contributed by atoms with Crippen LogP contribution in [0, 0.1) is 5.92 Å². The normalized spacial score (nSPS) is 18.0. The molecule has 1 saturated carbocycles. The molecule has 1 atom stereocenters. The number of hydrogen-bond acceptors (Lipinski definition) is 4. The number of nitrogens with two attached hydrogens (primary N) is 1. The molecule has 0 saturated heterocycles. The van der Waals surface area contributed by atoms with Crippen molar-refractivity contribution in [1.29, 1.82) is 0 Å². The highest BCUT2D eigenvalue weighted by Gasteiger charge is 2.22. The van der Waals surface area contributed by atoms with Crippen molar-refractivity contribution >= 4 is 11.5 Å². The summed E-state index contributed by atoms with van der Waals surface area (Å²) in [7, 11) is 0. The third-order valence-electron chi connectivity index (χ3n) is 3.78. The van der Waals surface area contributed by atoms with E-state index in [1.54, 1.807) is 0 Å². The fourth-order valence-electron chi connectivity index (χ4n) is 2.71. The Morgan fingerprint density at radius 3 is 2.55 bits per heavy atom. The summed E-state index contributed by atoms with van der Waals surface area (Å²) in [5, 5.41) is 3.49. The molecule has 1 aromatic rings. The minimum absolute atomic E-state index is 0.295. The highest BCUT2D eigenvalue weighted by molar-refractivity contribution is 5.54. The molecule has 4 heteroatoms. The van der Waals surface area contributed by atoms with Crippen LogP contribution in [0.4, 0.5) is 11.5 Å². The lowest BCUT2D eigenvalue weighted by molar-refractivity contribution is 0.125. The molecule has 1 unspecified atom stereocenters. The van der Waals surface area contributed by atoms with Gasteiger partial charge in [-0.05, 0) is 58.6 Å². The molecule has 1 fully saturated rings. The molecule has 1 aliphatic rings. The first kappa shape index (κ1) is 14.9. The van der Waals surface area contributed by atoms with Crippen molar-refractivity contribution in [3.05, 3.63) is 12.1 Å². The van der Waals surface area contributed by atoms with Crippen LogP contribution in [-0.2, 0) is 0 Å². The van der Waals surface area contributed by atoms with Gasteiger partial charge in [0.05, 0.1) is 5.69 Å². The first-order chi connectivity index (χ1) is 9.35. The number of anilines is 2. The largest absolute Gasteiger partial charge is 0.470 e. The molecular formula is C16H27N3O. The van der Waals surface area contributed by atoms with Crippen molar-refractivity contribution in [2.45, 2.75) is 65.0 Å². The highest BCUT2D eigenvalue weighted by Crippen LogP contribution is 2.30. The summed E-state index contributed by atoms with van der Waals surface area (Å²) in [6, 6.07) is 4.23. The second kappa shape index (κ2) is 5.90. The van der Waals surface area contributed by atoms with Gasteiger partial charge in [0.1, 0.15) is 11.4 Å². The third-order valence-corrected chi connectivity index (χ3v) is 3.78. The molecule has 0 aromatic carbocycles. The molecule has 3 N–H and O–H groups in total. The summed E-state index contributed by atoms with van der Waals surface area (Å²) in [5.41, 5.74) is 6.22. The number of nitrogens with one attached hydrogen (secondary N) is 1. The summed E-state index contributed by atoms with van der Waals surface area (Å²) in [4.78, 5) is 4.51. The SMILES string of the molecule is CC(Nc1ccc(N)c(OC(C)(C)C)n1)C1CCCC1. The van der Waals surface area contributed by atoms with Gasteiger partial charge in [0, 0.05) is 6.04 Å². The molecule has 0 amide bonds. The maximum atomic E-state index is 5.93. The van der Waals surface area contributed by atoms with Gasteiger partial charge in [0.2, 0.25) is 5.88 Å². The standard InChI is InChI=1S/C16H27N3O/c1-11(12-7-5-6-8-12)18-14-10-9-13(17)15(19-14)20-16(2,3)4/h9-12H,5-8,17H2,1-4H3,(H,18,19). The summed E-state index contributed by atoms with van der Waals surface area (Å²) < 4.78 is 5.80. The van der Waals surface area contributed by atoms with E-state index in [0.717, 1.165) is 11.7 Å².